The largest absolute Gasteiger partial charge is 0.306 e. The Morgan fingerprint density at radius 2 is 1.77 bits per heavy atom. The van der Waals surface area contributed by atoms with Crippen LogP contribution in [0.5, 0.6) is 0 Å². The second-order valence-corrected chi connectivity index (χ2v) is 6.64. The highest BCUT2D eigenvalue weighted by molar-refractivity contribution is 5.86. The zero-order valence-corrected chi connectivity index (χ0v) is 15.3. The predicted molar refractivity (Wildman–Crippen MR) is 113 cm³/mol. The fraction of sp³-hybridized carbons (Fsp3) is 0.208. The zero-order chi connectivity index (χ0) is 18.4. The van der Waals surface area contributed by atoms with E-state index >= 15 is 0 Å². The molecular formula is C24H26N2. The van der Waals surface area contributed by atoms with Gasteiger partial charge in [0.25, 0.3) is 0 Å². The van der Waals surface area contributed by atoms with Crippen molar-refractivity contribution < 1.29 is 0 Å². The number of allylic oxidation sites excluding steroid dienone is 7. The molecule has 2 heteroatoms. The van der Waals surface area contributed by atoms with Crippen LogP contribution in [0.15, 0.2) is 96.6 Å². The molecule has 132 valence electrons. The molecule has 0 saturated heterocycles. The number of nitrogens with two attached hydrogens (primary N) is 1. The number of benzene rings is 2. The molecule has 0 heterocycles. The highest BCUT2D eigenvalue weighted by Crippen LogP contribution is 2.35. The van der Waals surface area contributed by atoms with Crippen LogP contribution in [0, 0.1) is 11.3 Å². The van der Waals surface area contributed by atoms with Crippen molar-refractivity contribution in [2.24, 2.45) is 22.1 Å². The number of hydrogen-bond donors (Lipinski definition) is 1. The summed E-state index contributed by atoms with van der Waals surface area (Å²) in [4.78, 5) is 4.76. The third-order valence-corrected chi connectivity index (χ3v) is 5.20. The maximum Gasteiger partial charge on any atom is 0.123 e. The van der Waals surface area contributed by atoms with Crippen molar-refractivity contribution in [1.29, 1.82) is 0 Å². The van der Waals surface area contributed by atoms with Crippen LogP contribution in [-0.2, 0) is 0 Å². The predicted octanol–water partition coefficient (Wildman–Crippen LogP) is 5.75. The van der Waals surface area contributed by atoms with Crippen LogP contribution >= 0.6 is 0 Å². The average molecular weight is 342 g/mol. The van der Waals surface area contributed by atoms with E-state index in [0.717, 1.165) is 17.4 Å². The molecule has 2 unspecified atom stereocenters. The van der Waals surface area contributed by atoms with E-state index in [9.17, 15) is 0 Å². The molecule has 0 spiro atoms. The Hall–Kier alpha value is -2.71. The van der Waals surface area contributed by atoms with Crippen molar-refractivity contribution in [3.05, 3.63) is 97.1 Å². The number of fused-ring (bicyclic) bond motifs is 1. The van der Waals surface area contributed by atoms with Gasteiger partial charge in [0.05, 0.1) is 0 Å². The van der Waals surface area contributed by atoms with E-state index in [1.807, 2.05) is 42.6 Å². The van der Waals surface area contributed by atoms with Crippen LogP contribution in [0.25, 0.3) is 10.8 Å². The smallest absolute Gasteiger partial charge is 0.123 e. The molecule has 2 atom stereocenters. The summed E-state index contributed by atoms with van der Waals surface area (Å²) in [7, 11) is 0. The molecule has 0 aliphatic heterocycles. The molecular weight excluding hydrogens is 316 g/mol. The maximum atomic E-state index is 6.46. The van der Waals surface area contributed by atoms with Crippen LogP contribution in [-0.4, -0.2) is 6.21 Å². The number of rotatable bonds is 6. The van der Waals surface area contributed by atoms with Gasteiger partial charge in [-0.3, -0.25) is 4.99 Å². The van der Waals surface area contributed by atoms with Gasteiger partial charge in [-0.25, -0.2) is 0 Å². The van der Waals surface area contributed by atoms with Crippen molar-refractivity contribution in [2.45, 2.75) is 19.5 Å². The van der Waals surface area contributed by atoms with E-state index in [0.29, 0.717) is 0 Å². The molecule has 0 saturated carbocycles. The molecule has 0 bridgehead atoms. The maximum absolute atomic E-state index is 6.46. The summed E-state index contributed by atoms with van der Waals surface area (Å²) < 4.78 is 0. The van der Waals surface area contributed by atoms with Gasteiger partial charge in [-0.1, -0.05) is 91.9 Å². The molecule has 3 rings (SSSR count). The van der Waals surface area contributed by atoms with Crippen LogP contribution in [0.3, 0.4) is 0 Å². The van der Waals surface area contributed by atoms with Crippen molar-refractivity contribution in [3.63, 3.8) is 0 Å². The van der Waals surface area contributed by atoms with Gasteiger partial charge in [0.1, 0.15) is 6.17 Å². The van der Waals surface area contributed by atoms with Crippen LogP contribution in [0.2, 0.25) is 0 Å². The SMILES string of the molecule is C=CC(C=NC(N)c1cccc2ccccc12)(CC)C1C=CC=CC=C1. The first-order valence-electron chi connectivity index (χ1n) is 9.13. The van der Waals surface area contributed by atoms with Gasteiger partial charge >= 0.3 is 0 Å². The lowest BCUT2D eigenvalue weighted by Gasteiger charge is -2.31. The summed E-state index contributed by atoms with van der Waals surface area (Å²) in [5.41, 5.74) is 7.25. The molecule has 2 aromatic carbocycles. The lowest BCUT2D eigenvalue weighted by molar-refractivity contribution is 0.444. The average Bonchev–Trinajstić information content (AvgIpc) is 2.98. The number of hydrogen-bond acceptors (Lipinski definition) is 2. The highest BCUT2D eigenvalue weighted by Gasteiger charge is 2.30. The second kappa shape index (κ2) is 8.11. The Morgan fingerprint density at radius 1 is 1.08 bits per heavy atom. The number of aliphatic imine (C=N–C) groups is 1. The van der Waals surface area contributed by atoms with E-state index in [1.165, 1.54) is 5.39 Å². The second-order valence-electron chi connectivity index (χ2n) is 6.64. The molecule has 0 fully saturated rings. The third-order valence-electron chi connectivity index (χ3n) is 5.20. The molecule has 2 nitrogen and oxygen atoms in total. The molecule has 2 N–H and O–H groups in total. The minimum Gasteiger partial charge on any atom is -0.306 e. The van der Waals surface area contributed by atoms with E-state index in [4.69, 9.17) is 10.7 Å². The molecule has 0 amide bonds. The molecule has 26 heavy (non-hydrogen) atoms. The number of nitrogens with zero attached hydrogens (tertiary/aromatic N) is 1. The van der Waals surface area contributed by atoms with E-state index in [1.54, 1.807) is 0 Å². The highest BCUT2D eigenvalue weighted by atomic mass is 14.9. The van der Waals surface area contributed by atoms with Gasteiger partial charge in [-0.2, -0.15) is 0 Å². The third kappa shape index (κ3) is 3.61. The first kappa shape index (κ1) is 18.1. The minimum atomic E-state index is -0.399. The van der Waals surface area contributed by atoms with Crippen molar-refractivity contribution in [2.75, 3.05) is 0 Å². The Balaban J connectivity index is 1.93. The fourth-order valence-electron chi connectivity index (χ4n) is 3.47. The van der Waals surface area contributed by atoms with Gasteiger partial charge in [-0.05, 0) is 22.8 Å². The van der Waals surface area contributed by atoms with Gasteiger partial charge < -0.3 is 5.73 Å². The molecule has 0 radical (unpaired) electrons. The summed E-state index contributed by atoms with van der Waals surface area (Å²) in [6, 6.07) is 14.5. The molecule has 2 aromatic rings. The van der Waals surface area contributed by atoms with Crippen molar-refractivity contribution >= 4 is 17.0 Å². The molecule has 1 aliphatic carbocycles. The van der Waals surface area contributed by atoms with Gasteiger partial charge in [0, 0.05) is 17.5 Å². The monoisotopic (exact) mass is 342 g/mol. The summed E-state index contributed by atoms with van der Waals surface area (Å²) in [5, 5.41) is 2.33. The Labute approximate surface area is 156 Å². The summed E-state index contributed by atoms with van der Waals surface area (Å²) in [6.45, 7) is 6.25. The quantitative estimate of drug-likeness (QED) is 0.527. The van der Waals surface area contributed by atoms with E-state index < -0.39 is 6.17 Å². The van der Waals surface area contributed by atoms with Gasteiger partial charge in [0.2, 0.25) is 0 Å². The van der Waals surface area contributed by atoms with Crippen molar-refractivity contribution in [1.82, 2.24) is 0 Å². The summed E-state index contributed by atoms with van der Waals surface area (Å²) in [5.74, 6) is 0.212. The topological polar surface area (TPSA) is 38.4 Å². The van der Waals surface area contributed by atoms with Crippen LogP contribution in [0.4, 0.5) is 0 Å². The van der Waals surface area contributed by atoms with Crippen LogP contribution < -0.4 is 5.73 Å². The van der Waals surface area contributed by atoms with Crippen molar-refractivity contribution in [3.8, 4) is 0 Å². The Bertz CT molecular complexity index is 867. The van der Waals surface area contributed by atoms with Crippen LogP contribution in [0.1, 0.15) is 25.1 Å². The lowest BCUT2D eigenvalue weighted by atomic mass is 9.74. The first-order chi connectivity index (χ1) is 12.7. The molecule has 1 aliphatic rings. The van der Waals surface area contributed by atoms with E-state index in [2.05, 4.69) is 62.1 Å². The van der Waals surface area contributed by atoms with Gasteiger partial charge in [-0.15, -0.1) is 6.58 Å². The molecule has 0 aromatic heterocycles. The van der Waals surface area contributed by atoms with Gasteiger partial charge in [0.15, 0.2) is 0 Å². The lowest BCUT2D eigenvalue weighted by Crippen LogP contribution is -2.28. The Morgan fingerprint density at radius 3 is 2.46 bits per heavy atom. The first-order valence-corrected chi connectivity index (χ1v) is 9.13. The minimum absolute atomic E-state index is 0.212. The zero-order valence-electron chi connectivity index (χ0n) is 15.3. The Kier molecular flexibility index (Phi) is 5.65. The standard InChI is InChI=1S/C24H26N2/c1-3-24(4-2,20-14-7-5-6-8-15-20)18-26-23(25)22-17-11-13-19-12-9-10-16-21(19)22/h3,5-18,20,23H,1,4,25H2,2H3. The van der Waals surface area contributed by atoms with E-state index in [-0.39, 0.29) is 11.3 Å². The normalized spacial score (nSPS) is 18.1. The summed E-state index contributed by atoms with van der Waals surface area (Å²) >= 11 is 0. The summed E-state index contributed by atoms with van der Waals surface area (Å²) in [6.07, 6.45) is 17.1. The fourth-order valence-corrected chi connectivity index (χ4v) is 3.47.